The van der Waals surface area contributed by atoms with Crippen molar-refractivity contribution < 1.29 is 18.8 Å². The number of benzene rings is 2. The van der Waals surface area contributed by atoms with Crippen molar-refractivity contribution in [2.75, 3.05) is 10.6 Å². The lowest BCUT2D eigenvalue weighted by molar-refractivity contribution is 0.0972. The zero-order chi connectivity index (χ0) is 19.4. The Morgan fingerprint density at radius 2 is 1.44 bits per heavy atom. The lowest BCUT2D eigenvalue weighted by Gasteiger charge is -2.07. The second kappa shape index (κ2) is 7.48. The van der Waals surface area contributed by atoms with Crippen LogP contribution < -0.4 is 16.4 Å². The molecule has 3 amide bonds. The molecule has 0 aliphatic heterocycles. The van der Waals surface area contributed by atoms with Crippen molar-refractivity contribution in [1.29, 1.82) is 0 Å². The molecule has 0 spiro atoms. The van der Waals surface area contributed by atoms with E-state index in [0.717, 1.165) is 0 Å². The van der Waals surface area contributed by atoms with Gasteiger partial charge in [0.2, 0.25) is 0 Å². The van der Waals surface area contributed by atoms with Crippen LogP contribution in [0.2, 0.25) is 0 Å². The van der Waals surface area contributed by atoms with Gasteiger partial charge in [0.05, 0.1) is 6.33 Å². The lowest BCUT2D eigenvalue weighted by Crippen LogP contribution is -2.20. The lowest BCUT2D eigenvalue weighted by atomic mass is 10.2. The number of anilines is 2. The molecular weight excluding hydrogens is 353 g/mol. The average Bonchev–Trinajstić information content (AvgIpc) is 3.14. The van der Waals surface area contributed by atoms with Gasteiger partial charge >= 0.3 is 0 Å². The van der Waals surface area contributed by atoms with Crippen molar-refractivity contribution in [3.05, 3.63) is 77.6 Å². The van der Waals surface area contributed by atoms with Gasteiger partial charge in [0.1, 0.15) is 11.5 Å². The van der Waals surface area contributed by atoms with Crippen LogP contribution in [0.25, 0.3) is 0 Å². The summed E-state index contributed by atoms with van der Waals surface area (Å²) < 4.78 is 12.9. The third kappa shape index (κ3) is 4.15. The summed E-state index contributed by atoms with van der Waals surface area (Å²) >= 11 is 0. The summed E-state index contributed by atoms with van der Waals surface area (Å²) in [5.41, 5.74) is 6.13. The number of halogens is 1. The normalized spacial score (nSPS) is 10.3. The molecule has 3 rings (SSSR count). The predicted octanol–water partition coefficient (Wildman–Crippen LogP) is 2.15. The second-order valence-corrected chi connectivity index (χ2v) is 5.48. The molecule has 0 radical (unpaired) electrons. The van der Waals surface area contributed by atoms with E-state index in [2.05, 4.69) is 20.6 Å². The Labute approximate surface area is 152 Å². The topological polar surface area (TPSA) is 130 Å². The smallest absolute Gasteiger partial charge is 0.274 e. The first kappa shape index (κ1) is 17.8. The number of rotatable bonds is 5. The van der Waals surface area contributed by atoms with Crippen molar-refractivity contribution in [3.63, 3.8) is 0 Å². The van der Waals surface area contributed by atoms with Crippen LogP contribution in [-0.2, 0) is 0 Å². The number of aromatic nitrogens is 2. The van der Waals surface area contributed by atoms with E-state index in [-0.39, 0.29) is 17.3 Å². The molecule has 2 aromatic carbocycles. The number of aromatic amines is 1. The van der Waals surface area contributed by atoms with Crippen molar-refractivity contribution >= 4 is 29.1 Å². The molecule has 3 aromatic rings. The Balaban J connectivity index is 1.67. The number of carbonyl (C=O) groups excluding carboxylic acids is 3. The van der Waals surface area contributed by atoms with Crippen LogP contribution in [0.3, 0.4) is 0 Å². The maximum atomic E-state index is 12.9. The summed E-state index contributed by atoms with van der Waals surface area (Å²) in [5.74, 6) is -2.20. The molecule has 0 atom stereocenters. The molecule has 5 N–H and O–H groups in total. The average molecular weight is 367 g/mol. The number of carbonyl (C=O) groups is 3. The molecule has 0 saturated heterocycles. The summed E-state index contributed by atoms with van der Waals surface area (Å²) in [6, 6.07) is 11.4. The summed E-state index contributed by atoms with van der Waals surface area (Å²) in [5, 5.41) is 5.20. The maximum Gasteiger partial charge on any atom is 0.274 e. The van der Waals surface area contributed by atoms with Crippen molar-refractivity contribution in [1.82, 2.24) is 9.97 Å². The molecule has 0 aliphatic rings. The standard InChI is InChI=1S/C18H14FN5O3/c19-11-3-7-13(8-4-11)23-17(26)10-1-5-12(6-2-10)24-18(27)15-14(16(20)25)21-9-22-15/h1-9H,(H2,20,25)(H,21,22)(H,23,26)(H,24,27). The minimum atomic E-state index is -0.825. The molecule has 0 bridgehead atoms. The number of hydrogen-bond donors (Lipinski definition) is 4. The van der Waals surface area contributed by atoms with Crippen molar-refractivity contribution in [2.45, 2.75) is 0 Å². The molecule has 0 aliphatic carbocycles. The molecule has 8 nitrogen and oxygen atoms in total. The van der Waals surface area contributed by atoms with E-state index >= 15 is 0 Å². The Morgan fingerprint density at radius 1 is 0.889 bits per heavy atom. The van der Waals surface area contributed by atoms with Gasteiger partial charge in [0.25, 0.3) is 17.7 Å². The highest BCUT2D eigenvalue weighted by Crippen LogP contribution is 2.14. The molecule has 0 unspecified atom stereocenters. The number of nitrogens with two attached hydrogens (primary N) is 1. The van der Waals surface area contributed by atoms with Crippen LogP contribution in [0.4, 0.5) is 15.8 Å². The monoisotopic (exact) mass is 367 g/mol. The Bertz CT molecular complexity index is 997. The zero-order valence-electron chi connectivity index (χ0n) is 13.8. The third-order valence-corrected chi connectivity index (χ3v) is 3.61. The van der Waals surface area contributed by atoms with Gasteiger partial charge in [-0.1, -0.05) is 0 Å². The van der Waals surface area contributed by atoms with Crippen LogP contribution >= 0.6 is 0 Å². The van der Waals surface area contributed by atoms with Crippen molar-refractivity contribution in [2.24, 2.45) is 5.73 Å². The SMILES string of the molecule is NC(=O)c1nc[nH]c1C(=O)Nc1ccc(C(=O)Nc2ccc(F)cc2)cc1. The Hall–Kier alpha value is -4.01. The zero-order valence-corrected chi connectivity index (χ0v) is 13.8. The van der Waals surface area contributed by atoms with Gasteiger partial charge in [-0.05, 0) is 48.5 Å². The van der Waals surface area contributed by atoms with E-state index in [9.17, 15) is 18.8 Å². The molecule has 1 aromatic heterocycles. The number of H-pyrrole nitrogens is 1. The van der Waals surface area contributed by atoms with E-state index in [1.54, 1.807) is 0 Å². The molecule has 0 saturated carbocycles. The summed E-state index contributed by atoms with van der Waals surface area (Å²) in [6.45, 7) is 0. The van der Waals surface area contributed by atoms with Crippen LogP contribution in [-0.4, -0.2) is 27.7 Å². The van der Waals surface area contributed by atoms with Gasteiger partial charge < -0.3 is 21.4 Å². The van der Waals surface area contributed by atoms with E-state index < -0.39 is 17.6 Å². The van der Waals surface area contributed by atoms with Gasteiger partial charge in [-0.2, -0.15) is 0 Å². The summed E-state index contributed by atoms with van der Waals surface area (Å²) in [7, 11) is 0. The maximum absolute atomic E-state index is 12.9. The third-order valence-electron chi connectivity index (χ3n) is 3.61. The fraction of sp³-hybridized carbons (Fsp3) is 0. The largest absolute Gasteiger partial charge is 0.364 e. The van der Waals surface area contributed by atoms with Crippen LogP contribution in [0.15, 0.2) is 54.9 Å². The molecular formula is C18H14FN5O3. The van der Waals surface area contributed by atoms with E-state index in [0.29, 0.717) is 16.9 Å². The molecule has 9 heteroatoms. The first-order chi connectivity index (χ1) is 12.9. The number of primary amides is 1. The number of nitrogens with one attached hydrogen (secondary N) is 3. The van der Waals surface area contributed by atoms with Gasteiger partial charge in [0.15, 0.2) is 5.69 Å². The Morgan fingerprint density at radius 3 is 2.04 bits per heavy atom. The number of nitrogens with zero attached hydrogens (tertiary/aromatic N) is 1. The highest BCUT2D eigenvalue weighted by molar-refractivity contribution is 6.10. The number of amides is 3. The van der Waals surface area contributed by atoms with Gasteiger partial charge in [0, 0.05) is 16.9 Å². The number of imidazole rings is 1. The molecule has 1 heterocycles. The predicted molar refractivity (Wildman–Crippen MR) is 95.9 cm³/mol. The highest BCUT2D eigenvalue weighted by Gasteiger charge is 2.18. The molecule has 0 fully saturated rings. The first-order valence-electron chi connectivity index (χ1n) is 7.75. The van der Waals surface area contributed by atoms with Gasteiger partial charge in [-0.25, -0.2) is 9.37 Å². The van der Waals surface area contributed by atoms with E-state index in [1.165, 1.54) is 54.9 Å². The second-order valence-electron chi connectivity index (χ2n) is 5.48. The van der Waals surface area contributed by atoms with Crippen LogP contribution in [0.5, 0.6) is 0 Å². The highest BCUT2D eigenvalue weighted by atomic mass is 19.1. The fourth-order valence-corrected chi connectivity index (χ4v) is 2.29. The fourth-order valence-electron chi connectivity index (χ4n) is 2.29. The van der Waals surface area contributed by atoms with E-state index in [1.807, 2.05) is 0 Å². The summed E-state index contributed by atoms with van der Waals surface area (Å²) in [4.78, 5) is 41.8. The van der Waals surface area contributed by atoms with Crippen LogP contribution in [0, 0.1) is 5.82 Å². The minimum absolute atomic E-state index is 0.0550. The summed E-state index contributed by atoms with van der Waals surface area (Å²) in [6.07, 6.45) is 1.19. The molecule has 136 valence electrons. The molecule has 27 heavy (non-hydrogen) atoms. The van der Waals surface area contributed by atoms with Crippen LogP contribution in [0.1, 0.15) is 31.3 Å². The van der Waals surface area contributed by atoms with Gasteiger partial charge in [-0.3, -0.25) is 14.4 Å². The Kier molecular flexibility index (Phi) is 4.93. The minimum Gasteiger partial charge on any atom is -0.364 e. The van der Waals surface area contributed by atoms with Crippen molar-refractivity contribution in [3.8, 4) is 0 Å². The quantitative estimate of drug-likeness (QED) is 0.550. The first-order valence-corrected chi connectivity index (χ1v) is 7.75. The van der Waals surface area contributed by atoms with E-state index in [4.69, 9.17) is 5.73 Å². The van der Waals surface area contributed by atoms with Gasteiger partial charge in [-0.15, -0.1) is 0 Å². The number of hydrogen-bond acceptors (Lipinski definition) is 4.